The van der Waals surface area contributed by atoms with E-state index in [1.165, 1.54) is 14.0 Å². The van der Waals surface area contributed by atoms with Crippen molar-refractivity contribution < 1.29 is 14.8 Å². The smallest absolute Gasteiger partial charge is 0.322 e. The molecule has 16 heavy (non-hydrogen) atoms. The van der Waals surface area contributed by atoms with Gasteiger partial charge in [-0.2, -0.15) is 5.10 Å². The first-order valence-corrected chi connectivity index (χ1v) is 4.56. The number of carbonyl (C=O) groups excluding carboxylic acids is 1. The van der Waals surface area contributed by atoms with E-state index in [0.29, 0.717) is 0 Å². The summed E-state index contributed by atoms with van der Waals surface area (Å²) in [7, 11) is 1.45. The second-order valence-corrected chi connectivity index (χ2v) is 3.14. The average molecular weight is 228 g/mol. The van der Waals surface area contributed by atoms with Crippen LogP contribution in [0.1, 0.15) is 16.2 Å². The molecule has 0 unspecified atom stereocenters. The van der Waals surface area contributed by atoms with Crippen LogP contribution in [-0.2, 0) is 7.05 Å². The number of aliphatic hydroxyl groups is 1. The lowest BCUT2D eigenvalue weighted by molar-refractivity contribution is -0.385. The Morgan fingerprint density at radius 2 is 2.31 bits per heavy atom. The fourth-order valence-electron chi connectivity index (χ4n) is 1.37. The maximum absolute atomic E-state index is 11.6. The highest BCUT2D eigenvalue weighted by molar-refractivity contribution is 5.96. The van der Waals surface area contributed by atoms with Crippen molar-refractivity contribution in [2.75, 3.05) is 13.2 Å². The van der Waals surface area contributed by atoms with Crippen LogP contribution in [0.4, 0.5) is 5.69 Å². The van der Waals surface area contributed by atoms with Gasteiger partial charge in [0.1, 0.15) is 5.69 Å². The molecule has 1 heterocycles. The van der Waals surface area contributed by atoms with E-state index in [0.717, 1.165) is 4.68 Å². The number of hydrogen-bond donors (Lipinski definition) is 2. The van der Waals surface area contributed by atoms with E-state index in [1.807, 2.05) is 0 Å². The Kier molecular flexibility index (Phi) is 3.56. The normalized spacial score (nSPS) is 10.2. The first-order valence-electron chi connectivity index (χ1n) is 4.56. The third-order valence-corrected chi connectivity index (χ3v) is 1.99. The van der Waals surface area contributed by atoms with Crippen molar-refractivity contribution in [3.05, 3.63) is 21.5 Å². The van der Waals surface area contributed by atoms with Crippen molar-refractivity contribution in [3.63, 3.8) is 0 Å². The Morgan fingerprint density at radius 1 is 1.69 bits per heavy atom. The van der Waals surface area contributed by atoms with Gasteiger partial charge in [-0.05, 0) is 6.92 Å². The van der Waals surface area contributed by atoms with Crippen molar-refractivity contribution in [1.82, 2.24) is 15.1 Å². The first-order chi connectivity index (χ1) is 7.49. The molecule has 0 saturated heterocycles. The van der Waals surface area contributed by atoms with Crippen LogP contribution in [0.15, 0.2) is 0 Å². The Hall–Kier alpha value is -1.96. The fraction of sp³-hybridized carbons (Fsp3) is 0.500. The number of aryl methyl sites for hydroxylation is 2. The highest BCUT2D eigenvalue weighted by Gasteiger charge is 2.28. The molecule has 0 fully saturated rings. The predicted octanol–water partition coefficient (Wildman–Crippen LogP) is -0.641. The summed E-state index contributed by atoms with van der Waals surface area (Å²) in [5, 5.41) is 25.5. The minimum atomic E-state index is -0.643. The second-order valence-electron chi connectivity index (χ2n) is 3.14. The van der Waals surface area contributed by atoms with Crippen molar-refractivity contribution in [2.24, 2.45) is 7.05 Å². The second kappa shape index (κ2) is 4.71. The molecule has 88 valence electrons. The summed E-state index contributed by atoms with van der Waals surface area (Å²) in [5.74, 6) is -0.621. The van der Waals surface area contributed by atoms with Crippen molar-refractivity contribution in [3.8, 4) is 0 Å². The van der Waals surface area contributed by atoms with Crippen LogP contribution >= 0.6 is 0 Å². The summed E-state index contributed by atoms with van der Waals surface area (Å²) in [5.41, 5.74) is -0.240. The number of aliphatic hydroxyl groups excluding tert-OH is 1. The molecule has 0 saturated carbocycles. The zero-order valence-electron chi connectivity index (χ0n) is 8.93. The molecule has 0 aromatic carbocycles. The van der Waals surface area contributed by atoms with Gasteiger partial charge in [-0.25, -0.2) is 0 Å². The molecule has 8 heteroatoms. The number of nitrogens with zero attached hydrogens (tertiary/aromatic N) is 3. The quantitative estimate of drug-likeness (QED) is 0.526. The van der Waals surface area contributed by atoms with Crippen molar-refractivity contribution in [1.29, 1.82) is 0 Å². The van der Waals surface area contributed by atoms with Gasteiger partial charge in [-0.1, -0.05) is 0 Å². The molecular formula is C8H12N4O4. The van der Waals surface area contributed by atoms with E-state index in [2.05, 4.69) is 10.4 Å². The topological polar surface area (TPSA) is 110 Å². The minimum absolute atomic E-state index is 0.0419. The van der Waals surface area contributed by atoms with Crippen molar-refractivity contribution in [2.45, 2.75) is 6.92 Å². The Bertz CT molecular complexity index is 426. The summed E-state index contributed by atoms with van der Waals surface area (Å²) in [4.78, 5) is 21.7. The van der Waals surface area contributed by atoms with Crippen LogP contribution in [0, 0.1) is 17.0 Å². The summed E-state index contributed by atoms with van der Waals surface area (Å²) >= 11 is 0. The van der Waals surface area contributed by atoms with E-state index >= 15 is 0 Å². The lowest BCUT2D eigenvalue weighted by atomic mass is 10.3. The summed E-state index contributed by atoms with van der Waals surface area (Å²) in [6.45, 7) is 1.28. The number of rotatable bonds is 4. The molecule has 1 aromatic heterocycles. The number of hydrogen-bond acceptors (Lipinski definition) is 5. The van der Waals surface area contributed by atoms with E-state index in [4.69, 9.17) is 5.11 Å². The number of nitrogens with one attached hydrogen (secondary N) is 1. The zero-order valence-corrected chi connectivity index (χ0v) is 8.93. The molecule has 1 aromatic rings. The molecule has 0 aliphatic rings. The minimum Gasteiger partial charge on any atom is -0.395 e. The van der Waals surface area contributed by atoms with Crippen LogP contribution in [0.25, 0.3) is 0 Å². The molecule has 2 N–H and O–H groups in total. The number of amides is 1. The monoisotopic (exact) mass is 228 g/mol. The maximum Gasteiger partial charge on any atom is 0.322 e. The third kappa shape index (κ3) is 2.16. The predicted molar refractivity (Wildman–Crippen MR) is 54.0 cm³/mol. The summed E-state index contributed by atoms with van der Waals surface area (Å²) in [6.07, 6.45) is 0. The molecule has 0 bridgehead atoms. The van der Waals surface area contributed by atoms with Gasteiger partial charge >= 0.3 is 5.69 Å². The maximum atomic E-state index is 11.6. The van der Waals surface area contributed by atoms with Gasteiger partial charge in [-0.3, -0.25) is 19.6 Å². The van der Waals surface area contributed by atoms with Gasteiger partial charge in [0.2, 0.25) is 5.69 Å². The number of nitro groups is 1. The molecule has 0 spiro atoms. The number of aromatic nitrogens is 2. The van der Waals surface area contributed by atoms with Crippen LogP contribution in [-0.4, -0.2) is 38.9 Å². The van der Waals surface area contributed by atoms with Gasteiger partial charge in [0, 0.05) is 13.6 Å². The summed E-state index contributed by atoms with van der Waals surface area (Å²) < 4.78 is 1.15. The Labute approximate surface area is 91.0 Å². The molecule has 0 aliphatic heterocycles. The molecular weight excluding hydrogens is 216 g/mol. The van der Waals surface area contributed by atoms with Gasteiger partial charge in [0.25, 0.3) is 5.91 Å². The van der Waals surface area contributed by atoms with E-state index < -0.39 is 10.8 Å². The van der Waals surface area contributed by atoms with E-state index in [9.17, 15) is 14.9 Å². The largest absolute Gasteiger partial charge is 0.395 e. The van der Waals surface area contributed by atoms with Crippen molar-refractivity contribution >= 4 is 11.6 Å². The Balaban J connectivity index is 3.11. The van der Waals surface area contributed by atoms with Crippen LogP contribution in [0.2, 0.25) is 0 Å². The first kappa shape index (κ1) is 12.1. The van der Waals surface area contributed by atoms with Gasteiger partial charge < -0.3 is 10.4 Å². The van der Waals surface area contributed by atoms with E-state index in [1.54, 1.807) is 0 Å². The van der Waals surface area contributed by atoms with Gasteiger partial charge in [0.15, 0.2) is 0 Å². The zero-order chi connectivity index (χ0) is 12.3. The summed E-state index contributed by atoms with van der Waals surface area (Å²) in [6, 6.07) is 0. The lowest BCUT2D eigenvalue weighted by Crippen LogP contribution is -2.28. The van der Waals surface area contributed by atoms with Gasteiger partial charge in [0.05, 0.1) is 11.5 Å². The Morgan fingerprint density at radius 3 is 2.81 bits per heavy atom. The molecule has 0 aliphatic carbocycles. The molecule has 1 amide bonds. The van der Waals surface area contributed by atoms with Crippen LogP contribution < -0.4 is 5.32 Å². The third-order valence-electron chi connectivity index (χ3n) is 1.99. The SMILES string of the molecule is Cc1nn(C)c(C(=O)NCCO)c1[N+](=O)[O-]. The average Bonchev–Trinajstić information content (AvgIpc) is 2.50. The molecule has 8 nitrogen and oxygen atoms in total. The van der Waals surface area contributed by atoms with Crippen LogP contribution in [0.3, 0.4) is 0 Å². The number of carbonyl (C=O) groups is 1. The van der Waals surface area contributed by atoms with Crippen LogP contribution in [0.5, 0.6) is 0 Å². The molecule has 0 atom stereocenters. The molecule has 1 rings (SSSR count). The standard InChI is InChI=1S/C8H12N4O4/c1-5-6(12(15)16)7(11(2)10-5)8(14)9-3-4-13/h13H,3-4H2,1-2H3,(H,9,14). The molecule has 0 radical (unpaired) electrons. The fourth-order valence-corrected chi connectivity index (χ4v) is 1.37. The highest BCUT2D eigenvalue weighted by atomic mass is 16.6. The van der Waals surface area contributed by atoms with E-state index in [-0.39, 0.29) is 30.2 Å². The highest BCUT2D eigenvalue weighted by Crippen LogP contribution is 2.21. The van der Waals surface area contributed by atoms with Gasteiger partial charge in [-0.15, -0.1) is 0 Å². The lowest BCUT2D eigenvalue weighted by Gasteiger charge is -2.02.